The van der Waals surface area contributed by atoms with Crippen molar-refractivity contribution >= 4 is 5.82 Å². The number of rotatable bonds is 4. The lowest BCUT2D eigenvalue weighted by Gasteiger charge is -2.33. The normalized spacial score (nSPS) is 21.9. The van der Waals surface area contributed by atoms with Gasteiger partial charge in [0.1, 0.15) is 17.5 Å². The molecule has 0 aromatic carbocycles. The summed E-state index contributed by atoms with van der Waals surface area (Å²) in [6, 6.07) is 0. The third-order valence-electron chi connectivity index (χ3n) is 5.75. The van der Waals surface area contributed by atoms with Crippen molar-refractivity contribution in [3.8, 4) is 0 Å². The molecule has 0 aliphatic carbocycles. The second-order valence-corrected chi connectivity index (χ2v) is 7.62. The second-order valence-electron chi connectivity index (χ2n) is 7.62. The number of nitrogens with zero attached hydrogens (tertiary/aromatic N) is 7. The average molecular weight is 355 g/mol. The Labute approximate surface area is 155 Å². The van der Waals surface area contributed by atoms with Crippen LogP contribution in [0, 0.1) is 6.92 Å². The molecule has 0 saturated carbocycles. The molecule has 0 unspecified atom stereocenters. The highest BCUT2D eigenvalue weighted by atomic mass is 15.3. The van der Waals surface area contributed by atoms with E-state index in [2.05, 4.69) is 41.6 Å². The largest absolute Gasteiger partial charge is 0.354 e. The van der Waals surface area contributed by atoms with Crippen molar-refractivity contribution in [2.75, 3.05) is 31.1 Å². The highest BCUT2D eigenvalue weighted by molar-refractivity contribution is 5.43. The molecule has 0 N–H and O–H groups in total. The highest BCUT2D eigenvalue weighted by Gasteiger charge is 2.27. The quantitative estimate of drug-likeness (QED) is 0.838. The van der Waals surface area contributed by atoms with E-state index in [1.165, 1.54) is 32.4 Å². The molecule has 2 saturated heterocycles. The predicted octanol–water partition coefficient (Wildman–Crippen LogP) is 2.28. The Hall–Kier alpha value is -2.02. The molecule has 2 aromatic heterocycles. The van der Waals surface area contributed by atoms with Crippen LogP contribution in [0.15, 0.2) is 12.4 Å². The lowest BCUT2D eigenvalue weighted by Crippen LogP contribution is -2.36. The van der Waals surface area contributed by atoms with Crippen molar-refractivity contribution in [2.45, 2.75) is 51.5 Å². The Bertz CT molecular complexity index is 735. The molecule has 0 radical (unpaired) electrons. The van der Waals surface area contributed by atoms with Crippen LogP contribution in [0.5, 0.6) is 0 Å². The Morgan fingerprint density at radius 3 is 2.62 bits per heavy atom. The topological polar surface area (TPSA) is 63.0 Å². The van der Waals surface area contributed by atoms with Crippen molar-refractivity contribution in [3.05, 3.63) is 29.7 Å². The number of hydrogen-bond donors (Lipinski definition) is 0. The van der Waals surface area contributed by atoms with Crippen LogP contribution < -0.4 is 4.90 Å². The monoisotopic (exact) mass is 355 g/mol. The van der Waals surface area contributed by atoms with E-state index in [0.717, 1.165) is 55.6 Å². The number of hydrogen-bond acceptors (Lipinski definition) is 6. The van der Waals surface area contributed by atoms with E-state index in [0.29, 0.717) is 5.92 Å². The van der Waals surface area contributed by atoms with Gasteiger partial charge in [0.05, 0.1) is 12.2 Å². The van der Waals surface area contributed by atoms with E-state index < -0.39 is 0 Å². The molecule has 0 spiro atoms. The van der Waals surface area contributed by atoms with Gasteiger partial charge in [-0.1, -0.05) is 6.42 Å². The molecule has 7 heteroatoms. The first-order chi connectivity index (χ1) is 12.7. The maximum Gasteiger partial charge on any atom is 0.150 e. The van der Waals surface area contributed by atoms with Gasteiger partial charge in [0.2, 0.25) is 0 Å². The van der Waals surface area contributed by atoms with Crippen molar-refractivity contribution in [1.82, 2.24) is 29.6 Å². The van der Waals surface area contributed by atoms with Gasteiger partial charge in [-0.05, 0) is 45.7 Å². The van der Waals surface area contributed by atoms with Crippen LogP contribution in [0.1, 0.15) is 55.4 Å². The Balaban J connectivity index is 1.48. The van der Waals surface area contributed by atoms with Gasteiger partial charge in [-0.2, -0.15) is 0 Å². The lowest BCUT2D eigenvalue weighted by atomic mass is 9.97. The Morgan fingerprint density at radius 2 is 1.81 bits per heavy atom. The summed E-state index contributed by atoms with van der Waals surface area (Å²) in [5.41, 5.74) is 0.997. The number of anilines is 1. The summed E-state index contributed by atoms with van der Waals surface area (Å²) in [5.74, 6) is 3.61. The van der Waals surface area contributed by atoms with Gasteiger partial charge in [-0.15, -0.1) is 10.2 Å². The van der Waals surface area contributed by atoms with Crippen LogP contribution in [0.4, 0.5) is 5.82 Å². The summed E-state index contributed by atoms with van der Waals surface area (Å²) in [4.78, 5) is 13.8. The molecule has 7 nitrogen and oxygen atoms in total. The van der Waals surface area contributed by atoms with Crippen molar-refractivity contribution in [1.29, 1.82) is 0 Å². The van der Waals surface area contributed by atoms with E-state index in [1.807, 2.05) is 6.92 Å². The van der Waals surface area contributed by atoms with Gasteiger partial charge in [-0.25, -0.2) is 4.98 Å². The predicted molar refractivity (Wildman–Crippen MR) is 101 cm³/mol. The number of likely N-dealkylation sites (tertiary alicyclic amines) is 1. The van der Waals surface area contributed by atoms with E-state index in [-0.39, 0.29) is 0 Å². The minimum atomic E-state index is 0.401. The first-order valence-corrected chi connectivity index (χ1v) is 9.85. The smallest absolute Gasteiger partial charge is 0.150 e. The van der Waals surface area contributed by atoms with Crippen LogP contribution in [-0.2, 0) is 13.6 Å². The molecule has 0 bridgehead atoms. The molecule has 140 valence electrons. The summed E-state index contributed by atoms with van der Waals surface area (Å²) < 4.78 is 2.23. The van der Waals surface area contributed by atoms with E-state index in [1.54, 1.807) is 12.4 Å². The van der Waals surface area contributed by atoms with Crippen molar-refractivity contribution < 1.29 is 0 Å². The summed E-state index contributed by atoms with van der Waals surface area (Å²) in [6.07, 6.45) is 9.82. The molecule has 4 heterocycles. The standard InChI is InChI=1S/C19H29N7/c1-15-18(21-9-8-20-15)26-12-6-7-16(13-26)19-23-22-17(24(19)2)14-25-10-4-3-5-11-25/h8-9,16H,3-7,10-14H2,1-2H3/t16-/m0/s1. The third kappa shape index (κ3) is 3.58. The Kier molecular flexibility index (Phi) is 5.15. The summed E-state index contributed by atoms with van der Waals surface area (Å²) in [6.45, 7) is 7.30. The van der Waals surface area contributed by atoms with Gasteiger partial charge in [0.15, 0.2) is 0 Å². The fourth-order valence-corrected chi connectivity index (χ4v) is 4.28. The summed E-state index contributed by atoms with van der Waals surface area (Å²) in [7, 11) is 2.13. The van der Waals surface area contributed by atoms with E-state index in [4.69, 9.17) is 0 Å². The van der Waals surface area contributed by atoms with Crippen molar-refractivity contribution in [2.24, 2.45) is 7.05 Å². The molecule has 0 amide bonds. The molecule has 2 fully saturated rings. The van der Waals surface area contributed by atoms with Gasteiger partial charge < -0.3 is 9.47 Å². The molecule has 2 aromatic rings. The van der Waals surface area contributed by atoms with Gasteiger partial charge in [0, 0.05) is 38.4 Å². The molecule has 1 atom stereocenters. The SMILES string of the molecule is Cc1nccnc1N1CCC[C@H](c2nnc(CN3CCCCC3)n2C)C1. The number of aryl methyl sites for hydroxylation is 1. The fraction of sp³-hybridized carbons (Fsp3) is 0.684. The lowest BCUT2D eigenvalue weighted by molar-refractivity contribution is 0.213. The minimum absolute atomic E-state index is 0.401. The van der Waals surface area contributed by atoms with Crippen LogP contribution in [-0.4, -0.2) is 55.8 Å². The van der Waals surface area contributed by atoms with E-state index in [9.17, 15) is 0 Å². The summed E-state index contributed by atoms with van der Waals surface area (Å²) >= 11 is 0. The zero-order valence-electron chi connectivity index (χ0n) is 15.9. The number of piperidine rings is 2. The molecular formula is C19H29N7. The zero-order chi connectivity index (χ0) is 17.9. The van der Waals surface area contributed by atoms with Gasteiger partial charge >= 0.3 is 0 Å². The van der Waals surface area contributed by atoms with Crippen LogP contribution in [0.25, 0.3) is 0 Å². The first-order valence-electron chi connectivity index (χ1n) is 9.85. The highest BCUT2D eigenvalue weighted by Crippen LogP contribution is 2.29. The fourth-order valence-electron chi connectivity index (χ4n) is 4.28. The maximum absolute atomic E-state index is 4.58. The van der Waals surface area contributed by atoms with Crippen molar-refractivity contribution in [3.63, 3.8) is 0 Å². The first kappa shape index (κ1) is 17.4. The maximum atomic E-state index is 4.58. The van der Waals surface area contributed by atoms with E-state index >= 15 is 0 Å². The average Bonchev–Trinajstić information content (AvgIpc) is 3.03. The van der Waals surface area contributed by atoms with Crippen LogP contribution in [0.2, 0.25) is 0 Å². The minimum Gasteiger partial charge on any atom is -0.354 e. The molecular weight excluding hydrogens is 326 g/mol. The molecule has 2 aliphatic rings. The Morgan fingerprint density at radius 1 is 1.00 bits per heavy atom. The van der Waals surface area contributed by atoms with Crippen LogP contribution >= 0.6 is 0 Å². The van der Waals surface area contributed by atoms with Crippen LogP contribution in [0.3, 0.4) is 0 Å². The third-order valence-corrected chi connectivity index (χ3v) is 5.75. The zero-order valence-corrected chi connectivity index (χ0v) is 15.9. The molecule has 26 heavy (non-hydrogen) atoms. The number of aromatic nitrogens is 5. The van der Waals surface area contributed by atoms with Gasteiger partial charge in [0.25, 0.3) is 0 Å². The molecule has 2 aliphatic heterocycles. The second kappa shape index (κ2) is 7.70. The molecule has 4 rings (SSSR count). The van der Waals surface area contributed by atoms with Gasteiger partial charge in [-0.3, -0.25) is 9.88 Å². The summed E-state index contributed by atoms with van der Waals surface area (Å²) in [5, 5.41) is 9.10.